The number of halogens is 2. The molecule has 18 aromatic rings. The van der Waals surface area contributed by atoms with Crippen LogP contribution in [0.15, 0.2) is 328 Å². The van der Waals surface area contributed by atoms with Gasteiger partial charge in [0.25, 0.3) is 0 Å². The first kappa shape index (κ1) is 62.0. The van der Waals surface area contributed by atoms with Gasteiger partial charge in [-0.05, 0) is 157 Å². The molecule has 0 spiro atoms. The standard InChI is InChI=1S/2C44H29.C2H6Si.2ClH.Zr/c2*1-2-12-29(13-3-1)24-30-25-41-39(43-35-18-8-4-14-31(35)27-32-15-5-9-19-36(32)43)22-23-40(42(41)26-30)44-37-20-10-6-16-33(37)28-34-17-7-11-21-38(34)44;1-3-2;;;/h2*1-23,25-28H,24H2;1-2H3;2*1H;/q2*-1;;;;+2/p-2. The molecule has 448 valence electrons. The Morgan fingerprint density at radius 1 is 0.245 bits per heavy atom. The van der Waals surface area contributed by atoms with E-state index in [4.69, 9.17) is 0 Å². The van der Waals surface area contributed by atoms with Gasteiger partial charge in [-0.15, -0.1) is 44.8 Å². The summed E-state index contributed by atoms with van der Waals surface area (Å²) in [6.07, 6.45) is 1.81. The summed E-state index contributed by atoms with van der Waals surface area (Å²) in [5, 5.41) is 25.8. The van der Waals surface area contributed by atoms with E-state index >= 15 is 0 Å². The average molecular weight is 1340 g/mol. The van der Waals surface area contributed by atoms with Crippen LogP contribution in [0.4, 0.5) is 0 Å². The zero-order valence-corrected chi connectivity index (χ0v) is 57.3. The van der Waals surface area contributed by atoms with Gasteiger partial charge >= 0.3 is 41.9 Å². The summed E-state index contributed by atoms with van der Waals surface area (Å²) in [6.45, 7) is 4.62. The van der Waals surface area contributed by atoms with Crippen LogP contribution in [-0.4, -0.2) is 5.43 Å². The summed E-state index contributed by atoms with van der Waals surface area (Å²) in [4.78, 5) is 0. The Labute approximate surface area is 576 Å². The minimum absolute atomic E-state index is 0. The van der Waals surface area contributed by atoms with Crippen molar-refractivity contribution in [2.45, 2.75) is 25.9 Å². The van der Waals surface area contributed by atoms with Gasteiger partial charge in [-0.2, -0.15) is 12.1 Å². The van der Waals surface area contributed by atoms with Gasteiger partial charge in [-0.1, -0.05) is 301 Å². The average Bonchev–Trinajstić information content (AvgIpc) is 1.32. The van der Waals surface area contributed by atoms with E-state index in [0.717, 1.165) is 12.8 Å². The van der Waals surface area contributed by atoms with Crippen molar-refractivity contribution < 1.29 is 48.1 Å². The second kappa shape index (κ2) is 26.8. The molecule has 0 atom stereocenters. The molecule has 0 aliphatic rings. The second-order valence-corrected chi connectivity index (χ2v) is 34.2. The number of rotatable bonds is 8. The molecule has 0 radical (unpaired) electrons. The maximum Gasteiger partial charge on any atom is -0.0107 e. The fourth-order valence-corrected chi connectivity index (χ4v) is 14.7. The predicted octanol–water partition coefficient (Wildman–Crippen LogP) is 19.0. The summed E-state index contributed by atoms with van der Waals surface area (Å²) in [5.74, 6) is 0. The molecular weight excluding hydrogens is 1270 g/mol. The van der Waals surface area contributed by atoms with Gasteiger partial charge in [0.1, 0.15) is 0 Å². The molecule has 18 rings (SSSR count). The Hall–Kier alpha value is -9.50. The molecule has 0 saturated carbocycles. The Balaban J connectivity index is 0.000000151. The largest absolute Gasteiger partial charge is 1.00 e. The molecule has 0 aliphatic heterocycles. The molecule has 4 heteroatoms. The monoisotopic (exact) mass is 1330 g/mol. The summed E-state index contributed by atoms with van der Waals surface area (Å²) in [7, 11) is 0. The molecular formula is C90H64Cl2SiZr-2. The Morgan fingerprint density at radius 3 is 0.691 bits per heavy atom. The van der Waals surface area contributed by atoms with E-state index in [-0.39, 0.29) is 30.2 Å². The van der Waals surface area contributed by atoms with Crippen molar-refractivity contribution >= 4 is 113 Å². The minimum atomic E-state index is 0. The third-order valence-electron chi connectivity index (χ3n) is 18.6. The SMILES string of the molecule is C[Si](C)=[Zr+2].[Cl-].[Cl-].c1ccc(Cc2cc3c(-c4c5ccccc5cc5ccccc45)ccc(-c4c5ccccc5cc5ccccc45)c3[cH-]2)cc1.c1ccc(Cc2cc3c(-c4c5ccccc5cc5ccccc45)ccc(-c4c5ccccc5cc5ccccc45)c3[cH-]2)cc1. The topological polar surface area (TPSA) is 0 Å². The fraction of sp³-hybridized carbons (Fsp3) is 0.0444. The van der Waals surface area contributed by atoms with Crippen molar-refractivity contribution in [3.8, 4) is 44.5 Å². The van der Waals surface area contributed by atoms with Crippen molar-refractivity contribution in [3.63, 3.8) is 0 Å². The Morgan fingerprint density at radius 2 is 0.447 bits per heavy atom. The van der Waals surface area contributed by atoms with Gasteiger partial charge in [0.05, 0.1) is 0 Å². The maximum atomic E-state index is 2.45. The molecule has 0 amide bonds. The molecule has 94 heavy (non-hydrogen) atoms. The fourth-order valence-electron chi connectivity index (χ4n) is 14.7. The first-order valence-electron chi connectivity index (χ1n) is 32.0. The molecule has 0 heterocycles. The van der Waals surface area contributed by atoms with E-state index in [2.05, 4.69) is 341 Å². The number of benzene rings is 16. The predicted molar refractivity (Wildman–Crippen MR) is 397 cm³/mol. The molecule has 0 fully saturated rings. The molecule has 18 aromatic carbocycles. The van der Waals surface area contributed by atoms with Crippen LogP contribution in [0.5, 0.6) is 0 Å². The summed E-state index contributed by atoms with van der Waals surface area (Å²) < 4.78 is 0. The van der Waals surface area contributed by atoms with Gasteiger partial charge in [0.2, 0.25) is 0 Å². The zero-order valence-electron chi connectivity index (χ0n) is 52.3. The summed E-state index contributed by atoms with van der Waals surface area (Å²) in [6, 6.07) is 121. The van der Waals surface area contributed by atoms with Crippen LogP contribution < -0.4 is 24.8 Å². The Bertz CT molecular complexity index is 4990. The van der Waals surface area contributed by atoms with Gasteiger partial charge < -0.3 is 24.8 Å². The number of hydrogen-bond acceptors (Lipinski definition) is 0. The molecule has 0 aliphatic carbocycles. The first-order chi connectivity index (χ1) is 45.4. The van der Waals surface area contributed by atoms with Crippen LogP contribution in [0.3, 0.4) is 0 Å². The normalized spacial score (nSPS) is 11.3. The van der Waals surface area contributed by atoms with Crippen LogP contribution in [0.1, 0.15) is 22.3 Å². The molecule has 0 nitrogen and oxygen atoms in total. The molecule has 0 aromatic heterocycles. The Kier molecular flexibility index (Phi) is 17.7. The van der Waals surface area contributed by atoms with Gasteiger partial charge in [0.15, 0.2) is 0 Å². The van der Waals surface area contributed by atoms with Crippen molar-refractivity contribution in [3.05, 3.63) is 350 Å². The van der Waals surface area contributed by atoms with Crippen LogP contribution >= 0.6 is 0 Å². The van der Waals surface area contributed by atoms with Crippen molar-refractivity contribution in [1.29, 1.82) is 0 Å². The van der Waals surface area contributed by atoms with Gasteiger partial charge in [-0.25, -0.2) is 0 Å². The summed E-state index contributed by atoms with van der Waals surface area (Å²) in [5.41, 5.74) is 16.0. The van der Waals surface area contributed by atoms with Crippen LogP contribution in [0, 0.1) is 0 Å². The first-order valence-corrected chi connectivity index (χ1v) is 38.2. The third kappa shape index (κ3) is 11.7. The van der Waals surface area contributed by atoms with E-state index < -0.39 is 0 Å². The van der Waals surface area contributed by atoms with E-state index in [1.165, 1.54) is 174 Å². The molecule has 0 unspecified atom stereocenters. The van der Waals surface area contributed by atoms with Crippen LogP contribution in [0.2, 0.25) is 13.1 Å². The number of fused-ring (bicyclic) bond motifs is 10. The minimum Gasteiger partial charge on any atom is -1.00 e. The van der Waals surface area contributed by atoms with Crippen molar-refractivity contribution in [1.82, 2.24) is 0 Å². The van der Waals surface area contributed by atoms with E-state index in [1.807, 2.05) is 0 Å². The smallest absolute Gasteiger partial charge is 0.0107 e. The van der Waals surface area contributed by atoms with E-state index in [1.54, 1.807) is 23.3 Å². The van der Waals surface area contributed by atoms with Crippen molar-refractivity contribution in [2.24, 2.45) is 0 Å². The summed E-state index contributed by atoms with van der Waals surface area (Å²) >= 11 is 1.74. The molecule has 0 saturated heterocycles. The quantitative estimate of drug-likeness (QED) is 0.0808. The molecule has 0 bridgehead atoms. The van der Waals surface area contributed by atoms with E-state index in [9.17, 15) is 0 Å². The molecule has 0 N–H and O–H groups in total. The van der Waals surface area contributed by atoms with Gasteiger partial charge in [0, 0.05) is 0 Å². The van der Waals surface area contributed by atoms with Crippen LogP contribution in [0.25, 0.3) is 152 Å². The zero-order chi connectivity index (χ0) is 61.7. The van der Waals surface area contributed by atoms with Crippen molar-refractivity contribution in [2.75, 3.05) is 0 Å². The van der Waals surface area contributed by atoms with Gasteiger partial charge in [-0.3, -0.25) is 0 Å². The van der Waals surface area contributed by atoms with Crippen LogP contribution in [-0.2, 0) is 36.2 Å². The maximum absolute atomic E-state index is 2.45. The number of hydrogen-bond donors (Lipinski definition) is 0. The second-order valence-electron chi connectivity index (χ2n) is 24.8. The van der Waals surface area contributed by atoms with E-state index in [0.29, 0.717) is 0 Å². The third-order valence-corrected chi connectivity index (χ3v) is 18.6.